The highest BCUT2D eigenvalue weighted by Crippen LogP contribution is 2.23. The fourth-order valence-corrected chi connectivity index (χ4v) is 2.12. The fourth-order valence-electron chi connectivity index (χ4n) is 2.12. The number of benzene rings is 1. The van der Waals surface area contributed by atoms with E-state index in [-0.39, 0.29) is 23.7 Å². The molecule has 1 amide bonds. The van der Waals surface area contributed by atoms with Crippen LogP contribution < -0.4 is 0 Å². The predicted octanol–water partition coefficient (Wildman–Crippen LogP) is 3.51. The first-order valence-electron chi connectivity index (χ1n) is 6.98. The highest BCUT2D eigenvalue weighted by molar-refractivity contribution is 5.92. The molecular formula is C16H20FN3O. The van der Waals surface area contributed by atoms with Crippen LogP contribution in [0.5, 0.6) is 0 Å². The number of carbonyl (C=O) groups excluding carboxylic acids is 1. The summed E-state index contributed by atoms with van der Waals surface area (Å²) in [5.74, 6) is -0.267. The molecule has 1 N–H and O–H groups in total. The number of aromatic nitrogens is 2. The molecule has 0 radical (unpaired) electrons. The minimum Gasteiger partial charge on any atom is -0.333 e. The first kappa shape index (κ1) is 15.2. The molecule has 0 aliphatic carbocycles. The van der Waals surface area contributed by atoms with E-state index in [9.17, 15) is 9.18 Å². The molecule has 0 saturated carbocycles. The average molecular weight is 289 g/mol. The molecule has 0 spiro atoms. The summed E-state index contributed by atoms with van der Waals surface area (Å²) >= 11 is 0. The SMILES string of the molecule is CC(C)c1cc(C(=O)N(C)C(C)c2ccccc2F)n[nH]1. The lowest BCUT2D eigenvalue weighted by atomic mass is 10.1. The Kier molecular flexibility index (Phi) is 4.40. The monoisotopic (exact) mass is 289 g/mol. The van der Waals surface area contributed by atoms with Crippen LogP contribution in [-0.2, 0) is 0 Å². The van der Waals surface area contributed by atoms with E-state index in [1.165, 1.54) is 11.0 Å². The highest BCUT2D eigenvalue weighted by atomic mass is 19.1. The molecule has 1 atom stereocenters. The van der Waals surface area contributed by atoms with Gasteiger partial charge in [-0.1, -0.05) is 32.0 Å². The summed E-state index contributed by atoms with van der Waals surface area (Å²) in [6.45, 7) is 5.84. The maximum atomic E-state index is 13.8. The molecule has 0 fully saturated rings. The number of rotatable bonds is 4. The first-order chi connectivity index (χ1) is 9.91. The quantitative estimate of drug-likeness (QED) is 0.936. The Labute approximate surface area is 124 Å². The molecule has 2 rings (SSSR count). The second-order valence-corrected chi connectivity index (χ2v) is 5.48. The van der Waals surface area contributed by atoms with E-state index < -0.39 is 0 Å². The molecule has 0 bridgehead atoms. The molecule has 112 valence electrons. The smallest absolute Gasteiger partial charge is 0.274 e. The van der Waals surface area contributed by atoms with Gasteiger partial charge in [0.25, 0.3) is 5.91 Å². The average Bonchev–Trinajstić information content (AvgIpc) is 2.95. The normalized spacial score (nSPS) is 12.5. The van der Waals surface area contributed by atoms with Crippen molar-refractivity contribution in [2.75, 3.05) is 7.05 Å². The summed E-state index contributed by atoms with van der Waals surface area (Å²) in [6, 6.07) is 7.87. The summed E-state index contributed by atoms with van der Waals surface area (Å²) in [5.41, 5.74) is 1.75. The fraction of sp³-hybridized carbons (Fsp3) is 0.375. The van der Waals surface area contributed by atoms with Gasteiger partial charge in [-0.05, 0) is 25.0 Å². The van der Waals surface area contributed by atoms with E-state index in [2.05, 4.69) is 10.2 Å². The summed E-state index contributed by atoms with van der Waals surface area (Å²) < 4.78 is 13.8. The Bertz CT molecular complexity index is 636. The van der Waals surface area contributed by atoms with Gasteiger partial charge in [-0.15, -0.1) is 0 Å². The lowest BCUT2D eigenvalue weighted by Gasteiger charge is -2.24. The number of nitrogens with zero attached hydrogens (tertiary/aromatic N) is 2. The summed E-state index contributed by atoms with van der Waals surface area (Å²) in [6.07, 6.45) is 0. The second kappa shape index (κ2) is 6.08. The number of amides is 1. The van der Waals surface area contributed by atoms with Crippen molar-refractivity contribution in [1.82, 2.24) is 15.1 Å². The highest BCUT2D eigenvalue weighted by Gasteiger charge is 2.23. The van der Waals surface area contributed by atoms with Gasteiger partial charge < -0.3 is 4.90 Å². The molecule has 5 heteroatoms. The van der Waals surface area contributed by atoms with Gasteiger partial charge in [-0.25, -0.2) is 4.39 Å². The zero-order chi connectivity index (χ0) is 15.6. The van der Waals surface area contributed by atoms with Crippen molar-refractivity contribution < 1.29 is 9.18 Å². The number of hydrogen-bond acceptors (Lipinski definition) is 2. The van der Waals surface area contributed by atoms with Crippen LogP contribution in [0.15, 0.2) is 30.3 Å². The first-order valence-corrected chi connectivity index (χ1v) is 6.98. The van der Waals surface area contributed by atoms with Gasteiger partial charge in [0.2, 0.25) is 0 Å². The molecule has 21 heavy (non-hydrogen) atoms. The molecule has 0 aliphatic rings. The van der Waals surface area contributed by atoms with Gasteiger partial charge in [0, 0.05) is 18.3 Å². The Hall–Kier alpha value is -2.17. The van der Waals surface area contributed by atoms with Crippen LogP contribution in [0.4, 0.5) is 4.39 Å². The number of carbonyl (C=O) groups is 1. The molecular weight excluding hydrogens is 269 g/mol. The minimum atomic E-state index is -0.363. The van der Waals surface area contributed by atoms with Crippen LogP contribution in [0.3, 0.4) is 0 Å². The van der Waals surface area contributed by atoms with Gasteiger partial charge in [0.15, 0.2) is 0 Å². The number of aromatic amines is 1. The Morgan fingerprint density at radius 2 is 1.95 bits per heavy atom. The maximum Gasteiger partial charge on any atom is 0.274 e. The van der Waals surface area contributed by atoms with E-state index in [4.69, 9.17) is 0 Å². The third kappa shape index (κ3) is 3.12. The van der Waals surface area contributed by atoms with Crippen molar-refractivity contribution in [3.8, 4) is 0 Å². The molecule has 1 aromatic heterocycles. The molecule has 4 nitrogen and oxygen atoms in total. The van der Waals surface area contributed by atoms with Crippen molar-refractivity contribution in [2.24, 2.45) is 0 Å². The van der Waals surface area contributed by atoms with E-state index in [1.807, 2.05) is 13.8 Å². The van der Waals surface area contributed by atoms with Crippen molar-refractivity contribution in [3.63, 3.8) is 0 Å². The summed E-state index contributed by atoms with van der Waals surface area (Å²) in [5, 5.41) is 6.91. The van der Waals surface area contributed by atoms with Gasteiger partial charge >= 0.3 is 0 Å². The van der Waals surface area contributed by atoms with Gasteiger partial charge in [-0.2, -0.15) is 5.10 Å². The molecule has 1 unspecified atom stereocenters. The molecule has 1 aromatic carbocycles. The van der Waals surface area contributed by atoms with Crippen molar-refractivity contribution in [2.45, 2.75) is 32.7 Å². The van der Waals surface area contributed by atoms with Gasteiger partial charge in [-0.3, -0.25) is 9.89 Å². The maximum absolute atomic E-state index is 13.8. The molecule has 0 saturated heterocycles. The van der Waals surface area contributed by atoms with E-state index in [0.29, 0.717) is 11.3 Å². The van der Waals surface area contributed by atoms with Crippen LogP contribution in [-0.4, -0.2) is 28.1 Å². The zero-order valence-corrected chi connectivity index (χ0v) is 12.7. The van der Waals surface area contributed by atoms with Crippen LogP contribution in [0.25, 0.3) is 0 Å². The van der Waals surface area contributed by atoms with Crippen LogP contribution in [0, 0.1) is 5.82 Å². The molecule has 1 heterocycles. The van der Waals surface area contributed by atoms with Gasteiger partial charge in [0.1, 0.15) is 11.5 Å². The van der Waals surface area contributed by atoms with E-state index in [1.54, 1.807) is 38.2 Å². The van der Waals surface area contributed by atoms with Gasteiger partial charge in [0.05, 0.1) is 6.04 Å². The topological polar surface area (TPSA) is 49.0 Å². The van der Waals surface area contributed by atoms with E-state index in [0.717, 1.165) is 5.69 Å². The number of nitrogens with one attached hydrogen (secondary N) is 1. The van der Waals surface area contributed by atoms with Crippen molar-refractivity contribution in [3.05, 3.63) is 53.1 Å². The zero-order valence-electron chi connectivity index (χ0n) is 12.7. The predicted molar refractivity (Wildman–Crippen MR) is 79.6 cm³/mol. The Morgan fingerprint density at radius 3 is 2.52 bits per heavy atom. The number of H-pyrrole nitrogens is 1. The molecule has 2 aromatic rings. The summed E-state index contributed by atoms with van der Waals surface area (Å²) in [7, 11) is 1.66. The standard InChI is InChI=1S/C16H20FN3O/c1-10(2)14-9-15(19-18-14)16(21)20(4)11(3)12-7-5-6-8-13(12)17/h5-11H,1-4H3,(H,18,19). The largest absolute Gasteiger partial charge is 0.333 e. The third-order valence-corrected chi connectivity index (χ3v) is 3.70. The lowest BCUT2D eigenvalue weighted by molar-refractivity contribution is 0.0734. The summed E-state index contributed by atoms with van der Waals surface area (Å²) in [4.78, 5) is 13.9. The third-order valence-electron chi connectivity index (χ3n) is 3.70. The Morgan fingerprint density at radius 1 is 1.29 bits per heavy atom. The van der Waals surface area contributed by atoms with Crippen molar-refractivity contribution >= 4 is 5.91 Å². The number of halogens is 1. The lowest BCUT2D eigenvalue weighted by Crippen LogP contribution is -2.30. The molecule has 0 aliphatic heterocycles. The van der Waals surface area contributed by atoms with Crippen LogP contribution in [0.1, 0.15) is 54.5 Å². The minimum absolute atomic E-state index is 0.228. The van der Waals surface area contributed by atoms with Crippen molar-refractivity contribution in [1.29, 1.82) is 0 Å². The second-order valence-electron chi connectivity index (χ2n) is 5.48. The van der Waals surface area contributed by atoms with Crippen LogP contribution >= 0.6 is 0 Å². The van der Waals surface area contributed by atoms with E-state index >= 15 is 0 Å². The Balaban J connectivity index is 2.20. The van der Waals surface area contributed by atoms with Crippen LogP contribution in [0.2, 0.25) is 0 Å². The number of hydrogen-bond donors (Lipinski definition) is 1.